The lowest BCUT2D eigenvalue weighted by atomic mass is 10.1. The fraction of sp³-hybridized carbons (Fsp3) is 0.429. The summed E-state index contributed by atoms with van der Waals surface area (Å²) in [5, 5.41) is 9.33. The molecule has 3 nitrogen and oxygen atoms in total. The molecule has 0 fully saturated rings. The van der Waals surface area contributed by atoms with Gasteiger partial charge in [0.15, 0.2) is 5.82 Å². The number of halogens is 1. The third-order valence-corrected chi connectivity index (χ3v) is 3.30. The Morgan fingerprint density at radius 1 is 1.22 bits per heavy atom. The SMILES string of the molecule is Cc1cccc(-c2nnc(CBr)n2C(C)(C)C)c1. The van der Waals surface area contributed by atoms with Crippen LogP contribution < -0.4 is 0 Å². The van der Waals surface area contributed by atoms with Gasteiger partial charge in [-0.2, -0.15) is 0 Å². The Kier molecular flexibility index (Phi) is 3.57. The minimum atomic E-state index is -0.0360. The van der Waals surface area contributed by atoms with Crippen molar-refractivity contribution in [1.82, 2.24) is 14.8 Å². The molecule has 18 heavy (non-hydrogen) atoms. The van der Waals surface area contributed by atoms with Gasteiger partial charge in [-0.3, -0.25) is 0 Å². The summed E-state index contributed by atoms with van der Waals surface area (Å²) in [4.78, 5) is 0. The highest BCUT2D eigenvalue weighted by Crippen LogP contribution is 2.27. The molecule has 0 bridgehead atoms. The Labute approximate surface area is 116 Å². The molecular weight excluding hydrogens is 290 g/mol. The van der Waals surface area contributed by atoms with E-state index < -0.39 is 0 Å². The molecule has 1 heterocycles. The van der Waals surface area contributed by atoms with Crippen LogP contribution in [0.4, 0.5) is 0 Å². The van der Waals surface area contributed by atoms with Gasteiger partial charge in [0, 0.05) is 11.1 Å². The molecule has 0 spiro atoms. The number of benzene rings is 1. The number of alkyl halides is 1. The first-order valence-corrected chi connectivity index (χ1v) is 7.13. The van der Waals surface area contributed by atoms with Crippen LogP contribution in [0, 0.1) is 6.92 Å². The monoisotopic (exact) mass is 307 g/mol. The second kappa shape index (κ2) is 4.84. The van der Waals surface area contributed by atoms with E-state index in [2.05, 4.69) is 82.7 Å². The minimum Gasteiger partial charge on any atom is -0.305 e. The molecule has 0 aliphatic carbocycles. The van der Waals surface area contributed by atoms with Crippen LogP contribution in [-0.4, -0.2) is 14.8 Å². The van der Waals surface area contributed by atoms with E-state index >= 15 is 0 Å². The lowest BCUT2D eigenvalue weighted by molar-refractivity contribution is 0.391. The van der Waals surface area contributed by atoms with E-state index in [4.69, 9.17) is 0 Å². The van der Waals surface area contributed by atoms with Crippen molar-refractivity contribution >= 4 is 15.9 Å². The Morgan fingerprint density at radius 3 is 2.50 bits per heavy atom. The van der Waals surface area contributed by atoms with E-state index in [1.165, 1.54) is 5.56 Å². The third-order valence-electron chi connectivity index (χ3n) is 2.80. The maximum absolute atomic E-state index is 4.35. The van der Waals surface area contributed by atoms with Crippen LogP contribution in [0.2, 0.25) is 0 Å². The highest BCUT2D eigenvalue weighted by Gasteiger charge is 2.23. The maximum atomic E-state index is 4.35. The second-order valence-corrected chi connectivity index (χ2v) is 6.01. The van der Waals surface area contributed by atoms with Crippen molar-refractivity contribution < 1.29 is 0 Å². The van der Waals surface area contributed by atoms with E-state index in [9.17, 15) is 0 Å². The standard InChI is InChI=1S/C14H18BrN3/c1-10-6-5-7-11(8-10)13-17-16-12(9-15)18(13)14(2,3)4/h5-8H,9H2,1-4H3. The first-order chi connectivity index (χ1) is 8.43. The summed E-state index contributed by atoms with van der Waals surface area (Å²) in [6.45, 7) is 8.60. The Morgan fingerprint density at radius 2 is 1.94 bits per heavy atom. The summed E-state index contributed by atoms with van der Waals surface area (Å²) in [6.07, 6.45) is 0. The lowest BCUT2D eigenvalue weighted by Gasteiger charge is -2.24. The number of aryl methyl sites for hydroxylation is 1. The fourth-order valence-electron chi connectivity index (χ4n) is 2.08. The van der Waals surface area contributed by atoms with Crippen molar-refractivity contribution in [3.05, 3.63) is 35.7 Å². The predicted molar refractivity (Wildman–Crippen MR) is 77.8 cm³/mol. The van der Waals surface area contributed by atoms with Crippen molar-refractivity contribution in [1.29, 1.82) is 0 Å². The van der Waals surface area contributed by atoms with E-state index in [1.807, 2.05) is 0 Å². The molecule has 2 rings (SSSR count). The topological polar surface area (TPSA) is 30.7 Å². The van der Waals surface area contributed by atoms with Gasteiger partial charge in [-0.05, 0) is 33.8 Å². The van der Waals surface area contributed by atoms with Gasteiger partial charge in [0.05, 0.1) is 5.33 Å². The van der Waals surface area contributed by atoms with Crippen LogP contribution in [0.25, 0.3) is 11.4 Å². The van der Waals surface area contributed by atoms with Gasteiger partial charge >= 0.3 is 0 Å². The zero-order valence-electron chi connectivity index (χ0n) is 11.2. The molecule has 0 aliphatic heterocycles. The van der Waals surface area contributed by atoms with Crippen molar-refractivity contribution in [2.75, 3.05) is 0 Å². The highest BCUT2D eigenvalue weighted by molar-refractivity contribution is 9.08. The molecule has 0 unspecified atom stereocenters. The molecule has 4 heteroatoms. The van der Waals surface area contributed by atoms with Gasteiger partial charge in [-0.1, -0.05) is 39.7 Å². The lowest BCUT2D eigenvalue weighted by Crippen LogP contribution is -2.24. The van der Waals surface area contributed by atoms with Crippen LogP contribution >= 0.6 is 15.9 Å². The fourth-order valence-corrected chi connectivity index (χ4v) is 2.44. The zero-order chi connectivity index (χ0) is 13.3. The molecule has 96 valence electrons. The summed E-state index contributed by atoms with van der Waals surface area (Å²) in [7, 11) is 0. The smallest absolute Gasteiger partial charge is 0.164 e. The van der Waals surface area contributed by atoms with Gasteiger partial charge in [0.2, 0.25) is 0 Å². The summed E-state index contributed by atoms with van der Waals surface area (Å²) in [5.74, 6) is 1.89. The molecule has 1 aromatic carbocycles. The average Bonchev–Trinajstić information content (AvgIpc) is 2.72. The molecule has 0 saturated carbocycles. The van der Waals surface area contributed by atoms with E-state index in [0.717, 1.165) is 17.2 Å². The van der Waals surface area contributed by atoms with Gasteiger partial charge in [0.25, 0.3) is 0 Å². The molecule has 0 saturated heterocycles. The van der Waals surface area contributed by atoms with Crippen LogP contribution in [0.15, 0.2) is 24.3 Å². The van der Waals surface area contributed by atoms with E-state index in [0.29, 0.717) is 5.33 Å². The normalized spacial score (nSPS) is 11.8. The predicted octanol–water partition coefficient (Wildman–Crippen LogP) is 3.90. The van der Waals surface area contributed by atoms with Gasteiger partial charge in [0.1, 0.15) is 5.82 Å². The van der Waals surface area contributed by atoms with E-state index in [-0.39, 0.29) is 5.54 Å². The third kappa shape index (κ3) is 2.48. The van der Waals surface area contributed by atoms with Crippen LogP contribution in [0.1, 0.15) is 32.2 Å². The summed E-state index contributed by atoms with van der Waals surface area (Å²) in [5.41, 5.74) is 2.31. The first kappa shape index (κ1) is 13.3. The molecular formula is C14H18BrN3. The van der Waals surface area contributed by atoms with Crippen molar-refractivity contribution in [3.8, 4) is 11.4 Å². The molecule has 0 N–H and O–H groups in total. The highest BCUT2D eigenvalue weighted by atomic mass is 79.9. The molecule has 1 aromatic heterocycles. The minimum absolute atomic E-state index is 0.0360. The molecule has 2 aromatic rings. The molecule has 0 amide bonds. The van der Waals surface area contributed by atoms with Crippen LogP contribution in [-0.2, 0) is 10.9 Å². The van der Waals surface area contributed by atoms with Gasteiger partial charge in [-0.15, -0.1) is 10.2 Å². The Hall–Kier alpha value is -1.16. The Balaban J connectivity index is 2.62. The van der Waals surface area contributed by atoms with Gasteiger partial charge < -0.3 is 4.57 Å². The largest absolute Gasteiger partial charge is 0.305 e. The van der Waals surface area contributed by atoms with Crippen molar-refractivity contribution in [3.63, 3.8) is 0 Å². The number of aromatic nitrogens is 3. The van der Waals surface area contributed by atoms with Gasteiger partial charge in [-0.25, -0.2) is 0 Å². The molecule has 0 radical (unpaired) electrons. The summed E-state index contributed by atoms with van der Waals surface area (Å²) in [6, 6.07) is 8.37. The maximum Gasteiger partial charge on any atom is 0.164 e. The van der Waals surface area contributed by atoms with Crippen molar-refractivity contribution in [2.24, 2.45) is 0 Å². The van der Waals surface area contributed by atoms with E-state index in [1.54, 1.807) is 0 Å². The molecule has 0 atom stereocenters. The number of nitrogens with zero attached hydrogens (tertiary/aromatic N) is 3. The summed E-state index contributed by atoms with van der Waals surface area (Å²) < 4.78 is 2.19. The number of hydrogen-bond acceptors (Lipinski definition) is 2. The molecule has 0 aliphatic rings. The second-order valence-electron chi connectivity index (χ2n) is 5.45. The number of rotatable bonds is 2. The van der Waals surface area contributed by atoms with Crippen LogP contribution in [0.3, 0.4) is 0 Å². The zero-order valence-corrected chi connectivity index (χ0v) is 12.8. The first-order valence-electron chi connectivity index (χ1n) is 6.01. The average molecular weight is 308 g/mol. The quantitative estimate of drug-likeness (QED) is 0.788. The number of hydrogen-bond donors (Lipinski definition) is 0. The summed E-state index contributed by atoms with van der Waals surface area (Å²) >= 11 is 3.48. The Bertz CT molecular complexity index is 552. The van der Waals surface area contributed by atoms with Crippen LogP contribution in [0.5, 0.6) is 0 Å². The van der Waals surface area contributed by atoms with Crippen molar-refractivity contribution in [2.45, 2.75) is 38.6 Å².